The van der Waals surface area contributed by atoms with Crippen LogP contribution in [0.25, 0.3) is 0 Å². The summed E-state index contributed by atoms with van der Waals surface area (Å²) in [6.45, 7) is 0. The fourth-order valence-corrected chi connectivity index (χ4v) is 0.128. The van der Waals surface area contributed by atoms with Crippen LogP contribution in [-0.2, 0) is 0 Å². The first-order chi connectivity index (χ1) is 3.68. The number of hydrogen-bond donors (Lipinski definition) is 1. The second-order valence-electron chi connectivity index (χ2n) is 1.40. The van der Waals surface area contributed by atoms with Gasteiger partial charge in [0, 0.05) is 14.1 Å². The molecular weight excluding hydrogens is 108 g/mol. The summed E-state index contributed by atoms with van der Waals surface area (Å²) in [5.74, 6) is -0.139. The van der Waals surface area contributed by atoms with Gasteiger partial charge in [-0.25, -0.2) is 5.28 Å². The summed E-state index contributed by atoms with van der Waals surface area (Å²) in [6, 6.07) is 0. The third-order valence-electron chi connectivity index (χ3n) is 0.559. The van der Waals surface area contributed by atoms with Gasteiger partial charge in [-0.05, 0) is 0 Å². The van der Waals surface area contributed by atoms with E-state index in [-0.39, 0.29) is 5.96 Å². The second kappa shape index (κ2) is 2.95. The van der Waals surface area contributed by atoms with Crippen molar-refractivity contribution in [1.29, 1.82) is 5.41 Å². The summed E-state index contributed by atoms with van der Waals surface area (Å²) in [5, 5.41) is 21.2. The van der Waals surface area contributed by atoms with Crippen molar-refractivity contribution in [2.75, 3.05) is 14.1 Å². The highest BCUT2D eigenvalue weighted by Gasteiger charge is 1.90. The van der Waals surface area contributed by atoms with Crippen LogP contribution in [0.1, 0.15) is 0 Å². The largest absolute Gasteiger partial charge is 0.775 e. The number of hydrogen-bond acceptors (Lipinski definition) is 3. The SMILES string of the molecule is CN(C)C(=N)/N=N/[O-]. The first-order valence-corrected chi connectivity index (χ1v) is 1.97. The second-order valence-corrected chi connectivity index (χ2v) is 1.40. The third kappa shape index (κ3) is 2.12. The van der Waals surface area contributed by atoms with Gasteiger partial charge >= 0.3 is 0 Å². The van der Waals surface area contributed by atoms with Gasteiger partial charge in [0.25, 0.3) is 0 Å². The normalized spacial score (nSPS) is 9.75. The van der Waals surface area contributed by atoms with Gasteiger partial charge < -0.3 is 10.1 Å². The van der Waals surface area contributed by atoms with E-state index in [2.05, 4.69) is 10.4 Å². The Balaban J connectivity index is 3.66. The molecule has 0 aromatic rings. The Bertz CT molecular complexity index is 108. The van der Waals surface area contributed by atoms with Crippen LogP contribution in [0.4, 0.5) is 0 Å². The van der Waals surface area contributed by atoms with E-state index in [1.165, 1.54) is 4.90 Å². The Morgan fingerprint density at radius 1 is 1.62 bits per heavy atom. The van der Waals surface area contributed by atoms with E-state index in [0.717, 1.165) is 0 Å². The molecule has 0 fully saturated rings. The molecule has 0 saturated carbocycles. The van der Waals surface area contributed by atoms with E-state index in [9.17, 15) is 5.21 Å². The molecule has 0 unspecified atom stereocenters. The quantitative estimate of drug-likeness (QED) is 0.215. The van der Waals surface area contributed by atoms with Crippen LogP contribution in [0.2, 0.25) is 0 Å². The fraction of sp³-hybridized carbons (Fsp3) is 0.667. The number of rotatable bonds is 0. The predicted molar refractivity (Wildman–Crippen MR) is 29.6 cm³/mol. The van der Waals surface area contributed by atoms with Crippen LogP contribution in [0.3, 0.4) is 0 Å². The minimum Gasteiger partial charge on any atom is -0.775 e. The van der Waals surface area contributed by atoms with Crippen molar-refractivity contribution >= 4 is 5.96 Å². The smallest absolute Gasteiger partial charge is 0.236 e. The van der Waals surface area contributed by atoms with Crippen molar-refractivity contribution in [3.63, 3.8) is 0 Å². The third-order valence-corrected chi connectivity index (χ3v) is 0.559. The van der Waals surface area contributed by atoms with E-state index in [4.69, 9.17) is 5.41 Å². The Morgan fingerprint density at radius 3 is 2.25 bits per heavy atom. The molecule has 1 N–H and O–H groups in total. The lowest BCUT2D eigenvalue weighted by Crippen LogP contribution is -2.17. The number of nitrogens with zero attached hydrogens (tertiary/aromatic N) is 3. The van der Waals surface area contributed by atoms with Gasteiger partial charge in [-0.3, -0.25) is 5.41 Å². The van der Waals surface area contributed by atoms with Crippen LogP contribution in [0.15, 0.2) is 10.4 Å². The Labute approximate surface area is 47.1 Å². The van der Waals surface area contributed by atoms with E-state index in [1.807, 2.05) is 0 Å². The van der Waals surface area contributed by atoms with Gasteiger partial charge in [0.05, 0.1) is 0 Å². The molecule has 0 amide bonds. The number of guanidine groups is 1. The summed E-state index contributed by atoms with van der Waals surface area (Å²) in [7, 11) is 3.22. The highest BCUT2D eigenvalue weighted by atomic mass is 16.5. The maximum Gasteiger partial charge on any atom is 0.236 e. The zero-order chi connectivity index (χ0) is 6.57. The molecule has 0 radical (unpaired) electrons. The minimum absolute atomic E-state index is 0.139. The molecule has 0 aliphatic carbocycles. The maximum atomic E-state index is 9.34. The van der Waals surface area contributed by atoms with Crippen molar-refractivity contribution in [3.8, 4) is 0 Å². The molecule has 5 nitrogen and oxygen atoms in total. The van der Waals surface area contributed by atoms with Gasteiger partial charge in [-0.1, -0.05) is 0 Å². The van der Waals surface area contributed by atoms with Crippen molar-refractivity contribution in [2.24, 2.45) is 10.4 Å². The van der Waals surface area contributed by atoms with Crippen LogP contribution < -0.4 is 0 Å². The predicted octanol–water partition coefficient (Wildman–Crippen LogP) is 0.433. The Morgan fingerprint density at radius 2 is 2.12 bits per heavy atom. The van der Waals surface area contributed by atoms with Crippen LogP contribution in [-0.4, -0.2) is 25.0 Å². The molecule has 0 saturated heterocycles. The zero-order valence-electron chi connectivity index (χ0n) is 4.75. The van der Waals surface area contributed by atoms with Crippen molar-refractivity contribution in [3.05, 3.63) is 5.21 Å². The number of nitrogens with one attached hydrogen (secondary N) is 1. The molecule has 5 heteroatoms. The average Bonchev–Trinajstić information content (AvgIpc) is 1.67. The monoisotopic (exact) mass is 115 g/mol. The minimum atomic E-state index is -0.139. The molecule has 0 atom stereocenters. The van der Waals surface area contributed by atoms with Crippen LogP contribution in [0.5, 0.6) is 0 Å². The highest BCUT2D eigenvalue weighted by Crippen LogP contribution is 1.80. The van der Waals surface area contributed by atoms with Crippen LogP contribution in [0, 0.1) is 10.6 Å². The van der Waals surface area contributed by atoms with Gasteiger partial charge in [0.2, 0.25) is 5.96 Å². The molecular formula is C3H7N4O-. The molecule has 46 valence electrons. The summed E-state index contributed by atoms with van der Waals surface area (Å²) < 4.78 is 0. The molecule has 0 aromatic heterocycles. The first-order valence-electron chi connectivity index (χ1n) is 1.97. The lowest BCUT2D eigenvalue weighted by atomic mass is 10.8. The van der Waals surface area contributed by atoms with Crippen molar-refractivity contribution in [1.82, 2.24) is 4.90 Å². The molecule has 8 heavy (non-hydrogen) atoms. The van der Waals surface area contributed by atoms with Crippen molar-refractivity contribution in [2.45, 2.75) is 0 Å². The standard InChI is InChI=1S/C3H8N4O/c1-7(2)3(4)5-6-8/h1-2H3,(H2,4,5,8)/p-1. The average molecular weight is 115 g/mol. The summed E-state index contributed by atoms with van der Waals surface area (Å²) >= 11 is 0. The molecule has 0 spiro atoms. The van der Waals surface area contributed by atoms with Gasteiger partial charge in [0.15, 0.2) is 0 Å². The Kier molecular flexibility index (Phi) is 2.53. The van der Waals surface area contributed by atoms with Crippen LogP contribution >= 0.6 is 0 Å². The van der Waals surface area contributed by atoms with E-state index in [0.29, 0.717) is 0 Å². The van der Waals surface area contributed by atoms with Gasteiger partial charge in [0.1, 0.15) is 0 Å². The molecule has 0 aliphatic heterocycles. The topological polar surface area (TPSA) is 74.9 Å². The lowest BCUT2D eigenvalue weighted by Gasteiger charge is -2.06. The van der Waals surface area contributed by atoms with Gasteiger partial charge in [-0.2, -0.15) is 0 Å². The molecule has 0 aliphatic rings. The molecule has 0 bridgehead atoms. The summed E-state index contributed by atoms with van der Waals surface area (Å²) in [5.41, 5.74) is 0. The molecule has 0 rings (SSSR count). The fourth-order valence-electron chi connectivity index (χ4n) is 0.128. The van der Waals surface area contributed by atoms with E-state index in [1.54, 1.807) is 14.1 Å². The maximum absolute atomic E-state index is 9.34. The Hall–Kier alpha value is -1.13. The van der Waals surface area contributed by atoms with Crippen molar-refractivity contribution < 1.29 is 0 Å². The summed E-state index contributed by atoms with van der Waals surface area (Å²) in [4.78, 5) is 1.38. The molecule has 0 aromatic carbocycles. The lowest BCUT2D eigenvalue weighted by molar-refractivity contribution is 0.605. The van der Waals surface area contributed by atoms with Gasteiger partial charge in [-0.15, -0.1) is 5.11 Å². The van der Waals surface area contributed by atoms with E-state index < -0.39 is 0 Å². The summed E-state index contributed by atoms with van der Waals surface area (Å²) in [6.07, 6.45) is 0. The van der Waals surface area contributed by atoms with E-state index >= 15 is 0 Å². The zero-order valence-corrected chi connectivity index (χ0v) is 4.75. The first kappa shape index (κ1) is 6.87. The highest BCUT2D eigenvalue weighted by molar-refractivity contribution is 5.76. The molecule has 0 heterocycles.